The maximum atomic E-state index is 13.1. The molecule has 0 amide bonds. The van der Waals surface area contributed by atoms with E-state index in [4.69, 9.17) is 0 Å². The van der Waals surface area contributed by atoms with Gasteiger partial charge in [0.25, 0.3) is 0 Å². The van der Waals surface area contributed by atoms with Crippen molar-refractivity contribution in [2.45, 2.75) is 12.8 Å². The summed E-state index contributed by atoms with van der Waals surface area (Å²) in [4.78, 5) is 0. The molecular weight excluding hydrogens is 230 g/mol. The zero-order valence-electron chi connectivity index (χ0n) is 10.1. The van der Waals surface area contributed by atoms with Gasteiger partial charge in [-0.05, 0) is 41.3 Å². The molecule has 2 aromatic carbocycles. The minimum Gasteiger partial charge on any atom is -0.207 e. The smallest absolute Gasteiger partial charge is 0.123 e. The van der Waals surface area contributed by atoms with Crippen LogP contribution in [0.15, 0.2) is 54.6 Å². The molecule has 18 heavy (non-hydrogen) atoms. The molecule has 0 bridgehead atoms. The first kappa shape index (κ1) is 12.5. The lowest BCUT2D eigenvalue weighted by atomic mass is 10.00. The third kappa shape index (κ3) is 3.27. The van der Waals surface area contributed by atoms with E-state index in [2.05, 4.69) is 0 Å². The Balaban J connectivity index is 2.14. The van der Waals surface area contributed by atoms with Crippen LogP contribution in [0.2, 0.25) is 0 Å². The van der Waals surface area contributed by atoms with E-state index in [0.29, 0.717) is 0 Å². The van der Waals surface area contributed by atoms with Crippen molar-refractivity contribution in [1.82, 2.24) is 0 Å². The molecule has 92 valence electrons. The molecule has 0 aliphatic rings. The van der Waals surface area contributed by atoms with Crippen LogP contribution in [-0.4, -0.2) is 0 Å². The van der Waals surface area contributed by atoms with E-state index >= 15 is 0 Å². The molecule has 0 fully saturated rings. The summed E-state index contributed by atoms with van der Waals surface area (Å²) in [6.07, 6.45) is 3.78. The highest BCUT2D eigenvalue weighted by Gasteiger charge is 2.02. The molecule has 0 saturated carbocycles. The lowest BCUT2D eigenvalue weighted by Crippen LogP contribution is -1.89. The van der Waals surface area contributed by atoms with E-state index in [1.54, 1.807) is 12.1 Å². The van der Waals surface area contributed by atoms with Gasteiger partial charge in [-0.25, -0.2) is 8.78 Å². The predicted molar refractivity (Wildman–Crippen MR) is 70.2 cm³/mol. The van der Waals surface area contributed by atoms with Gasteiger partial charge >= 0.3 is 0 Å². The third-order valence-electron chi connectivity index (χ3n) is 2.80. The average Bonchev–Trinajstić information content (AvgIpc) is 2.36. The fraction of sp³-hybridized carbons (Fsp3) is 0.125. The summed E-state index contributed by atoms with van der Waals surface area (Å²) in [5, 5.41) is 0. The second kappa shape index (κ2) is 5.58. The second-order valence-corrected chi connectivity index (χ2v) is 4.26. The van der Waals surface area contributed by atoms with Crippen molar-refractivity contribution in [3.05, 3.63) is 77.4 Å². The number of halogens is 2. The molecule has 0 aromatic heterocycles. The zero-order chi connectivity index (χ0) is 13.0. The minimum atomic E-state index is -0.254. The van der Waals surface area contributed by atoms with Gasteiger partial charge in [-0.15, -0.1) is 0 Å². The van der Waals surface area contributed by atoms with Gasteiger partial charge in [-0.1, -0.05) is 43.3 Å². The first-order chi connectivity index (χ1) is 8.65. The van der Waals surface area contributed by atoms with Crippen molar-refractivity contribution >= 4 is 6.08 Å². The van der Waals surface area contributed by atoms with Crippen LogP contribution in [0.3, 0.4) is 0 Å². The van der Waals surface area contributed by atoms with Crippen LogP contribution >= 0.6 is 0 Å². The molecule has 0 N–H and O–H groups in total. The predicted octanol–water partition coefficient (Wildman–Crippen LogP) is 4.78. The Bertz CT molecular complexity index is 559. The highest BCUT2D eigenvalue weighted by Crippen LogP contribution is 2.19. The maximum Gasteiger partial charge on any atom is 0.123 e. The highest BCUT2D eigenvalue weighted by atomic mass is 19.1. The van der Waals surface area contributed by atoms with Crippen molar-refractivity contribution < 1.29 is 8.78 Å². The van der Waals surface area contributed by atoms with E-state index in [9.17, 15) is 8.78 Å². The molecule has 2 heteroatoms. The van der Waals surface area contributed by atoms with Gasteiger partial charge in [0.15, 0.2) is 0 Å². The van der Waals surface area contributed by atoms with Crippen LogP contribution in [0.5, 0.6) is 0 Å². The van der Waals surface area contributed by atoms with Gasteiger partial charge in [0.1, 0.15) is 11.6 Å². The minimum absolute atomic E-state index is 0.0870. The lowest BCUT2D eigenvalue weighted by molar-refractivity contribution is 0.624. The van der Waals surface area contributed by atoms with Crippen molar-refractivity contribution in [2.24, 2.45) is 0 Å². The largest absolute Gasteiger partial charge is 0.207 e. The molecule has 0 nitrogen and oxygen atoms in total. The molecule has 0 aliphatic carbocycles. The van der Waals surface area contributed by atoms with Crippen LogP contribution in [-0.2, 0) is 0 Å². The molecule has 2 aromatic rings. The summed E-state index contributed by atoms with van der Waals surface area (Å²) in [5.41, 5.74) is 1.71. The summed E-state index contributed by atoms with van der Waals surface area (Å²) < 4.78 is 26.1. The number of hydrogen-bond donors (Lipinski definition) is 0. The van der Waals surface area contributed by atoms with Crippen LogP contribution < -0.4 is 0 Å². The quantitative estimate of drug-likeness (QED) is 0.728. The Hall–Kier alpha value is -1.96. The summed E-state index contributed by atoms with van der Waals surface area (Å²) in [6.45, 7) is 1.98. The topological polar surface area (TPSA) is 0 Å². The van der Waals surface area contributed by atoms with Crippen molar-refractivity contribution in [1.29, 1.82) is 0 Å². The van der Waals surface area contributed by atoms with Crippen LogP contribution in [0.25, 0.3) is 6.08 Å². The number of allylic oxidation sites excluding steroid dienone is 1. The Kier molecular flexibility index (Phi) is 3.88. The van der Waals surface area contributed by atoms with Crippen molar-refractivity contribution in [2.75, 3.05) is 0 Å². The molecule has 1 unspecified atom stereocenters. The van der Waals surface area contributed by atoms with Gasteiger partial charge in [0.2, 0.25) is 0 Å². The molecule has 0 heterocycles. The lowest BCUT2D eigenvalue weighted by Gasteiger charge is -2.06. The molecular formula is C16H14F2. The van der Waals surface area contributed by atoms with Gasteiger partial charge in [0.05, 0.1) is 0 Å². The fourth-order valence-electron chi connectivity index (χ4n) is 1.77. The molecule has 0 radical (unpaired) electrons. The standard InChI is InChI=1S/C16H14F2/c1-12(14-5-3-7-16(18)11-14)8-9-13-4-2-6-15(17)10-13/h2-12H,1H3/b9-8+. The third-order valence-corrected chi connectivity index (χ3v) is 2.80. The number of benzene rings is 2. The van der Waals surface area contributed by atoms with Crippen LogP contribution in [0.1, 0.15) is 24.0 Å². The average molecular weight is 244 g/mol. The summed E-state index contributed by atoms with van der Waals surface area (Å²) in [7, 11) is 0. The second-order valence-electron chi connectivity index (χ2n) is 4.26. The Morgan fingerprint density at radius 3 is 2.28 bits per heavy atom. The summed E-state index contributed by atoms with van der Waals surface area (Å²) >= 11 is 0. The first-order valence-corrected chi connectivity index (χ1v) is 5.84. The Labute approximate surface area is 106 Å². The van der Waals surface area contributed by atoms with E-state index < -0.39 is 0 Å². The normalized spacial score (nSPS) is 12.8. The van der Waals surface area contributed by atoms with E-state index in [0.717, 1.165) is 11.1 Å². The van der Waals surface area contributed by atoms with Gasteiger partial charge in [-0.2, -0.15) is 0 Å². The van der Waals surface area contributed by atoms with Crippen molar-refractivity contribution in [3.8, 4) is 0 Å². The molecule has 1 atom stereocenters. The fourth-order valence-corrected chi connectivity index (χ4v) is 1.77. The van der Waals surface area contributed by atoms with Gasteiger partial charge in [-0.3, -0.25) is 0 Å². The van der Waals surface area contributed by atoms with Gasteiger partial charge in [0, 0.05) is 0 Å². The summed E-state index contributed by atoms with van der Waals surface area (Å²) in [6, 6.07) is 12.9. The molecule has 0 saturated heterocycles. The number of hydrogen-bond acceptors (Lipinski definition) is 0. The highest BCUT2D eigenvalue weighted by molar-refractivity contribution is 5.50. The molecule has 2 rings (SSSR count). The monoisotopic (exact) mass is 244 g/mol. The first-order valence-electron chi connectivity index (χ1n) is 5.84. The van der Waals surface area contributed by atoms with E-state index in [1.165, 1.54) is 24.3 Å². The number of rotatable bonds is 3. The van der Waals surface area contributed by atoms with Gasteiger partial charge < -0.3 is 0 Å². The Morgan fingerprint density at radius 1 is 0.944 bits per heavy atom. The van der Waals surface area contributed by atoms with Crippen LogP contribution in [0, 0.1) is 11.6 Å². The SMILES string of the molecule is CC(/C=C/c1cccc(F)c1)c1cccc(F)c1. The van der Waals surface area contributed by atoms with Crippen molar-refractivity contribution in [3.63, 3.8) is 0 Å². The van der Waals surface area contributed by atoms with E-state index in [-0.39, 0.29) is 17.6 Å². The Morgan fingerprint density at radius 2 is 1.61 bits per heavy atom. The summed E-state index contributed by atoms with van der Waals surface area (Å²) in [5.74, 6) is -0.405. The molecule has 0 aliphatic heterocycles. The molecule has 0 spiro atoms. The van der Waals surface area contributed by atoms with Crippen LogP contribution in [0.4, 0.5) is 8.78 Å². The maximum absolute atomic E-state index is 13.1. The van der Waals surface area contributed by atoms with E-state index in [1.807, 2.05) is 31.2 Å². The zero-order valence-corrected chi connectivity index (χ0v) is 10.1.